The van der Waals surface area contributed by atoms with Crippen molar-refractivity contribution in [3.8, 4) is 208 Å². The Labute approximate surface area is 765 Å². The van der Waals surface area contributed by atoms with Crippen molar-refractivity contribution in [3.63, 3.8) is 0 Å². The molecule has 0 atom stereocenters. The van der Waals surface area contributed by atoms with E-state index in [0.29, 0.717) is 34.5 Å². The van der Waals surface area contributed by atoms with Crippen molar-refractivity contribution >= 4 is 0 Å². The van der Waals surface area contributed by atoms with Crippen LogP contribution in [0.5, 0.6) is 51.7 Å². The number of hydrogen-bond donors (Lipinski definition) is 0. The molecule has 18 aromatic carbocycles. The van der Waals surface area contributed by atoms with E-state index in [9.17, 15) is 0 Å². The zero-order valence-corrected chi connectivity index (χ0v) is 75.9. The van der Waals surface area contributed by atoms with Crippen LogP contribution in [0.15, 0.2) is 406 Å². The molecule has 9 nitrogen and oxygen atoms in total. The lowest BCUT2D eigenvalue weighted by molar-refractivity contribution is 0.377. The van der Waals surface area contributed by atoms with Gasteiger partial charge in [-0.25, -0.2) is 0 Å². The van der Waals surface area contributed by atoms with Crippen molar-refractivity contribution in [1.82, 2.24) is 0 Å². The van der Waals surface area contributed by atoms with E-state index < -0.39 is 0 Å². The Morgan fingerprint density at radius 2 is 0.338 bits per heavy atom. The zero-order valence-electron chi connectivity index (χ0n) is 75.9. The van der Waals surface area contributed by atoms with E-state index in [1.54, 1.807) is 64.0 Å². The van der Waals surface area contributed by atoms with Crippen LogP contribution in [0.2, 0.25) is 0 Å². The van der Waals surface area contributed by atoms with Crippen LogP contribution < -0.4 is 42.6 Å². The van der Waals surface area contributed by atoms with Gasteiger partial charge < -0.3 is 42.6 Å². The van der Waals surface area contributed by atoms with Gasteiger partial charge in [0.25, 0.3) is 0 Å². The smallest absolute Gasteiger partial charge is 0.142 e. The molecule has 130 heavy (non-hydrogen) atoms. The van der Waals surface area contributed by atoms with Crippen LogP contribution in [0.3, 0.4) is 0 Å². The molecule has 0 radical (unpaired) electrons. The number of benzene rings is 18. The van der Waals surface area contributed by atoms with E-state index in [0.717, 1.165) is 84.0 Å². The molecule has 18 rings (SSSR count). The van der Waals surface area contributed by atoms with Gasteiger partial charge in [-0.05, 0) is 210 Å². The number of ether oxygens (including phenoxy) is 9. The average Bonchev–Trinajstić information content (AvgIpc) is 0.742. The van der Waals surface area contributed by atoms with E-state index in [2.05, 4.69) is 373 Å². The molecule has 18 aromatic rings. The minimum absolute atomic E-state index is 0.636. The largest absolute Gasteiger partial charge is 0.496 e. The Balaban J connectivity index is 0.000000133. The second kappa shape index (κ2) is 42.4. The van der Waals surface area contributed by atoms with Crippen LogP contribution in [-0.2, 0) is 0 Å². The molecule has 0 aromatic heterocycles. The molecule has 0 heterocycles. The highest BCUT2D eigenvalue weighted by Gasteiger charge is 2.30. The fourth-order valence-corrected chi connectivity index (χ4v) is 16.9. The van der Waals surface area contributed by atoms with E-state index in [4.69, 9.17) is 42.6 Å². The molecule has 0 amide bonds. The molecule has 0 spiro atoms. The highest BCUT2D eigenvalue weighted by molar-refractivity contribution is 6.01. The second-order valence-corrected chi connectivity index (χ2v) is 31.7. The molecule has 0 N–H and O–H groups in total. The molecule has 0 bridgehead atoms. The first-order valence-corrected chi connectivity index (χ1v) is 43.4. The lowest BCUT2D eigenvalue weighted by Crippen LogP contribution is -2.02. The third-order valence-electron chi connectivity index (χ3n) is 23.1. The van der Waals surface area contributed by atoms with Crippen LogP contribution in [0.25, 0.3) is 156 Å². The van der Waals surface area contributed by atoms with Gasteiger partial charge in [-0.3, -0.25) is 0 Å². The van der Waals surface area contributed by atoms with E-state index in [1.807, 2.05) is 60.7 Å². The molecule has 9 heteroatoms. The summed E-state index contributed by atoms with van der Waals surface area (Å²) in [6.07, 6.45) is 0. The van der Waals surface area contributed by atoms with Gasteiger partial charge in [-0.1, -0.05) is 350 Å². The summed E-state index contributed by atoms with van der Waals surface area (Å²) < 4.78 is 52.2. The third-order valence-corrected chi connectivity index (χ3v) is 23.1. The van der Waals surface area contributed by atoms with Gasteiger partial charge in [0.1, 0.15) is 51.7 Å². The van der Waals surface area contributed by atoms with E-state index in [1.165, 1.54) is 111 Å². The summed E-state index contributed by atoms with van der Waals surface area (Å²) in [6, 6.07) is 142. The van der Waals surface area contributed by atoms with E-state index in [-0.39, 0.29) is 0 Å². The molecule has 644 valence electrons. The topological polar surface area (TPSA) is 83.1 Å². The summed E-state index contributed by atoms with van der Waals surface area (Å²) in [7, 11) is 14.9. The first-order valence-electron chi connectivity index (χ1n) is 43.4. The van der Waals surface area contributed by atoms with Crippen LogP contribution in [-0.4, -0.2) is 64.0 Å². The lowest BCUT2D eigenvalue weighted by Gasteiger charge is -2.25. The molecule has 0 unspecified atom stereocenters. The Hall–Kier alpha value is -15.8. The van der Waals surface area contributed by atoms with Gasteiger partial charge in [0, 0.05) is 24.3 Å². The van der Waals surface area contributed by atoms with Gasteiger partial charge in [0.15, 0.2) is 0 Å². The van der Waals surface area contributed by atoms with Crippen LogP contribution >= 0.6 is 0 Å². The van der Waals surface area contributed by atoms with Crippen molar-refractivity contribution in [2.45, 2.75) is 27.7 Å². The predicted molar refractivity (Wildman–Crippen MR) is 540 cm³/mol. The SMILES string of the molecule is COc1c(-c2ccccc2)c(OC)c(-c2cccc(C)c2)c(OC)c1-c1ccccc1.COc1cc(OC)c(-c2cc(-c3cccc(C)c3)cc(-c3c(OC)cc(OC)cc3OC)c2)c(OC)c1.Cc1cccc(-c2cc(-c3ccccc3)c(-c3ccccc3)c(-c3ccccc3)c2)c1.Cc1cccc(-c2cc(-c3ccccc3)cc(-c3cccc(-c4ccccc4)c3)c2)c1. The second-order valence-electron chi connectivity index (χ2n) is 31.7. The number of hydrogen-bond acceptors (Lipinski definition) is 9. The Bertz CT molecular complexity index is 6620. The highest BCUT2D eigenvalue weighted by Crippen LogP contribution is 2.57. The van der Waals surface area contributed by atoms with Gasteiger partial charge in [-0.15, -0.1) is 0 Å². The molecule has 0 aliphatic heterocycles. The number of aryl methyl sites for hydroxylation is 4. The average molecular weight is 1700 g/mol. The maximum absolute atomic E-state index is 6.04. The maximum Gasteiger partial charge on any atom is 0.142 e. The Kier molecular flexibility index (Phi) is 29.1. The lowest BCUT2D eigenvalue weighted by atomic mass is 9.84. The number of rotatable bonds is 23. The minimum Gasteiger partial charge on any atom is -0.496 e. The Morgan fingerprint density at radius 1 is 0.131 bits per heavy atom. The maximum atomic E-state index is 6.04. The summed E-state index contributed by atoms with van der Waals surface area (Å²) >= 11 is 0. The third kappa shape index (κ3) is 20.5. The van der Waals surface area contributed by atoms with Crippen molar-refractivity contribution in [2.24, 2.45) is 0 Å². The molecule has 0 aliphatic carbocycles. The zero-order chi connectivity index (χ0) is 90.4. The number of methoxy groups -OCH3 is 9. The first kappa shape index (κ1) is 89.0. The monoisotopic (exact) mass is 1700 g/mol. The summed E-state index contributed by atoms with van der Waals surface area (Å²) in [4.78, 5) is 0. The summed E-state index contributed by atoms with van der Waals surface area (Å²) in [6.45, 7) is 8.47. The predicted octanol–water partition coefficient (Wildman–Crippen LogP) is 31.4. The van der Waals surface area contributed by atoms with Crippen molar-refractivity contribution in [2.75, 3.05) is 64.0 Å². The molecule has 0 fully saturated rings. The summed E-state index contributed by atoms with van der Waals surface area (Å²) in [5.41, 5.74) is 36.1. The summed E-state index contributed by atoms with van der Waals surface area (Å²) in [5, 5.41) is 0. The van der Waals surface area contributed by atoms with Gasteiger partial charge >= 0.3 is 0 Å². The fourth-order valence-electron chi connectivity index (χ4n) is 16.9. The summed E-state index contributed by atoms with van der Waals surface area (Å²) in [5.74, 6) is 6.01. The first-order chi connectivity index (χ1) is 63.7. The molecular weight excluding hydrogens is 1600 g/mol. The van der Waals surface area contributed by atoms with Crippen molar-refractivity contribution in [3.05, 3.63) is 429 Å². The van der Waals surface area contributed by atoms with Gasteiger partial charge in [0.05, 0.1) is 91.8 Å². The van der Waals surface area contributed by atoms with Crippen molar-refractivity contribution < 1.29 is 42.6 Å². The Morgan fingerprint density at radius 3 is 0.638 bits per heavy atom. The van der Waals surface area contributed by atoms with Gasteiger partial charge in [0.2, 0.25) is 0 Å². The van der Waals surface area contributed by atoms with Crippen LogP contribution in [0.4, 0.5) is 0 Å². The van der Waals surface area contributed by atoms with Crippen LogP contribution in [0, 0.1) is 27.7 Å². The minimum atomic E-state index is 0.636. The quantitative estimate of drug-likeness (QED) is 0.0622. The van der Waals surface area contributed by atoms with Gasteiger partial charge in [-0.2, -0.15) is 0 Å². The van der Waals surface area contributed by atoms with E-state index >= 15 is 0 Å². The standard InChI is InChI=1S/C31H32O6.2C31H24.C28H26O3/c1-19-9-8-10-20(11-19)21-12-22(30-26(34-4)15-24(32-2)16-27(30)35-5)14-23(13-21)31-28(36-6)17-25(33-3)18-29(31)37-7;1-23-12-11-19-27(20-23)28-21-29(24-13-5-2-6-14-24)31(26-17-9-4-10-18-26)30(22-28)25-15-7-3-8-16-25;1-23-10-8-15-26(18-23)30-20-29(25-13-6-3-7-14-25)21-31(22-30)28-17-9-16-27(19-28)24-11-4-2-5-12-24;1-19-12-11-17-22(18-19)25-27(30-3)23(20-13-7-5-8-14-20)26(29-2)24(28(25)31-4)21-15-9-6-10-16-21/h8-18H,1-7H3;2*2-22H,1H3;5-18H,1-4H3. The molecular formula is C121H106O9. The molecule has 0 saturated heterocycles. The molecule has 0 aliphatic rings. The highest BCUT2D eigenvalue weighted by atomic mass is 16.5. The normalized spacial score (nSPS) is 10.7. The van der Waals surface area contributed by atoms with Crippen molar-refractivity contribution in [1.29, 1.82) is 0 Å². The van der Waals surface area contributed by atoms with Crippen LogP contribution in [0.1, 0.15) is 22.3 Å². The fraction of sp³-hybridized carbons (Fsp3) is 0.107. The molecule has 0 saturated carbocycles.